The summed E-state index contributed by atoms with van der Waals surface area (Å²) in [5, 5.41) is 2.27. The van der Waals surface area contributed by atoms with Crippen LogP contribution in [0.4, 0.5) is 10.6 Å². The molecule has 3 rings (SSSR count). The van der Waals surface area contributed by atoms with Crippen LogP contribution in [0, 0.1) is 0 Å². The number of nitrogens with one attached hydrogen (secondary N) is 1. The van der Waals surface area contributed by atoms with E-state index in [-0.39, 0.29) is 22.8 Å². The number of nitrogens with zero attached hydrogens (tertiary/aromatic N) is 2. The summed E-state index contributed by atoms with van der Waals surface area (Å²) in [7, 11) is 1.97. The van der Waals surface area contributed by atoms with Crippen LogP contribution in [-0.4, -0.2) is 41.6 Å². The van der Waals surface area contributed by atoms with Crippen LogP contribution in [0.5, 0.6) is 5.75 Å². The molecule has 2 aromatic rings. The number of hydrogen-bond donors (Lipinski definition) is 1. The Hall–Kier alpha value is -2.25. The van der Waals surface area contributed by atoms with Crippen LogP contribution < -0.4 is 15.0 Å². The zero-order chi connectivity index (χ0) is 17.6. The molecule has 8 heteroatoms. The maximum absolute atomic E-state index is 11.6. The molecule has 1 aromatic heterocycles. The number of thioether (sulfide) groups is 1. The highest BCUT2D eigenvalue weighted by molar-refractivity contribution is 8.26. The molecule has 1 aliphatic heterocycles. The molecule has 1 fully saturated rings. The van der Waals surface area contributed by atoms with Gasteiger partial charge in [-0.1, -0.05) is 18.2 Å². The van der Waals surface area contributed by atoms with Gasteiger partial charge in [0.05, 0.1) is 6.54 Å². The minimum absolute atomic E-state index is 0. The number of likely N-dealkylation sites (N-methyl/N-ethyl adjacent to an activating group) is 1. The second-order valence-electron chi connectivity index (χ2n) is 5.71. The number of amides is 1. The van der Waals surface area contributed by atoms with Gasteiger partial charge in [0, 0.05) is 31.4 Å². The summed E-state index contributed by atoms with van der Waals surface area (Å²) in [5.74, 6) is 1.68. The number of pyridine rings is 1. The van der Waals surface area contributed by atoms with Crippen LogP contribution in [-0.2, 0) is 11.2 Å². The molecular formula is C18H20ClN3O3S. The van der Waals surface area contributed by atoms with Crippen molar-refractivity contribution in [3.63, 3.8) is 0 Å². The van der Waals surface area contributed by atoms with E-state index in [2.05, 4.69) is 10.3 Å². The third-order valence-corrected chi connectivity index (χ3v) is 4.66. The van der Waals surface area contributed by atoms with Crippen molar-refractivity contribution in [1.82, 2.24) is 10.3 Å². The van der Waals surface area contributed by atoms with E-state index in [1.807, 2.05) is 54.4 Å². The summed E-state index contributed by atoms with van der Waals surface area (Å²) in [6, 6.07) is 13.0. The summed E-state index contributed by atoms with van der Waals surface area (Å²) in [5.41, 5.74) is 0.985. The normalized spacial score (nSPS) is 16.0. The van der Waals surface area contributed by atoms with Crippen molar-refractivity contribution >= 4 is 40.3 Å². The number of ether oxygens (including phenoxy) is 1. The molecule has 2 heterocycles. The van der Waals surface area contributed by atoms with E-state index in [1.54, 1.807) is 6.20 Å². The molecule has 1 aromatic carbocycles. The maximum Gasteiger partial charge on any atom is 0.287 e. The maximum atomic E-state index is 11.6. The van der Waals surface area contributed by atoms with E-state index in [9.17, 15) is 9.59 Å². The lowest BCUT2D eigenvalue weighted by Crippen LogP contribution is -2.30. The number of carbonyl (C=O) groups excluding carboxylic acids is 2. The molecule has 1 atom stereocenters. The molecule has 26 heavy (non-hydrogen) atoms. The number of halogens is 1. The molecule has 138 valence electrons. The van der Waals surface area contributed by atoms with E-state index in [0.29, 0.717) is 13.0 Å². The van der Waals surface area contributed by atoms with Crippen molar-refractivity contribution < 1.29 is 14.3 Å². The van der Waals surface area contributed by atoms with Crippen LogP contribution >= 0.6 is 24.2 Å². The first kappa shape index (κ1) is 20.1. The fraction of sp³-hybridized carbons (Fsp3) is 0.278. The largest absolute Gasteiger partial charge is 0.492 e. The Morgan fingerprint density at radius 1 is 1.19 bits per heavy atom. The van der Waals surface area contributed by atoms with E-state index in [1.165, 1.54) is 0 Å². The van der Waals surface area contributed by atoms with Gasteiger partial charge in [0.2, 0.25) is 5.12 Å². The lowest BCUT2D eigenvalue weighted by atomic mass is 10.1. The van der Waals surface area contributed by atoms with Crippen LogP contribution in [0.15, 0.2) is 48.7 Å². The molecule has 0 spiro atoms. The van der Waals surface area contributed by atoms with Crippen LogP contribution in [0.2, 0.25) is 0 Å². The highest BCUT2D eigenvalue weighted by Crippen LogP contribution is 2.20. The van der Waals surface area contributed by atoms with Crippen molar-refractivity contribution in [1.29, 1.82) is 0 Å². The molecule has 1 amide bonds. The van der Waals surface area contributed by atoms with Gasteiger partial charge in [0.15, 0.2) is 0 Å². The SMILES string of the molecule is CN(CCOc1ccc(CC2NC(=O)SC2=O)cc1)c1ccccn1.Cl. The van der Waals surface area contributed by atoms with Gasteiger partial charge in [-0.2, -0.15) is 0 Å². The minimum Gasteiger partial charge on any atom is -0.492 e. The predicted molar refractivity (Wildman–Crippen MR) is 105 cm³/mol. The second kappa shape index (κ2) is 9.45. The topological polar surface area (TPSA) is 71.5 Å². The monoisotopic (exact) mass is 393 g/mol. The van der Waals surface area contributed by atoms with Gasteiger partial charge in [-0.25, -0.2) is 4.98 Å². The highest BCUT2D eigenvalue weighted by atomic mass is 35.5. The summed E-state index contributed by atoms with van der Waals surface area (Å²) in [6.07, 6.45) is 2.27. The van der Waals surface area contributed by atoms with Crippen molar-refractivity contribution in [2.24, 2.45) is 0 Å². The van der Waals surface area contributed by atoms with Gasteiger partial charge in [0.25, 0.3) is 5.24 Å². The van der Waals surface area contributed by atoms with Crippen LogP contribution in [0.25, 0.3) is 0 Å². The number of hydrogen-bond acceptors (Lipinski definition) is 6. The number of aromatic nitrogens is 1. The van der Waals surface area contributed by atoms with Gasteiger partial charge in [0.1, 0.15) is 24.2 Å². The van der Waals surface area contributed by atoms with Crippen molar-refractivity contribution in [2.45, 2.75) is 12.5 Å². The lowest BCUT2D eigenvalue weighted by Gasteiger charge is -2.18. The van der Waals surface area contributed by atoms with E-state index in [4.69, 9.17) is 4.74 Å². The average molecular weight is 394 g/mol. The van der Waals surface area contributed by atoms with Crippen molar-refractivity contribution in [3.05, 3.63) is 54.2 Å². The number of carbonyl (C=O) groups is 2. The molecule has 1 saturated heterocycles. The molecule has 0 bridgehead atoms. The minimum atomic E-state index is -0.434. The van der Waals surface area contributed by atoms with Gasteiger partial charge < -0.3 is 15.0 Å². The van der Waals surface area contributed by atoms with E-state index < -0.39 is 6.04 Å². The smallest absolute Gasteiger partial charge is 0.287 e. The number of anilines is 1. The summed E-state index contributed by atoms with van der Waals surface area (Å²) < 4.78 is 5.75. The zero-order valence-corrected chi connectivity index (χ0v) is 15.9. The third kappa shape index (κ3) is 5.37. The van der Waals surface area contributed by atoms with E-state index in [0.717, 1.165) is 35.4 Å². The Morgan fingerprint density at radius 3 is 2.58 bits per heavy atom. The van der Waals surface area contributed by atoms with Crippen LogP contribution in [0.1, 0.15) is 5.56 Å². The van der Waals surface area contributed by atoms with Gasteiger partial charge in [-0.05, 0) is 29.8 Å². The fourth-order valence-corrected chi connectivity index (χ4v) is 3.15. The number of benzene rings is 1. The Morgan fingerprint density at radius 2 is 1.96 bits per heavy atom. The molecular weight excluding hydrogens is 374 g/mol. The zero-order valence-electron chi connectivity index (χ0n) is 14.3. The summed E-state index contributed by atoms with van der Waals surface area (Å²) >= 11 is 0.739. The molecule has 1 N–H and O–H groups in total. The fourth-order valence-electron chi connectivity index (χ4n) is 2.48. The first-order chi connectivity index (χ1) is 12.1. The average Bonchev–Trinajstić information content (AvgIpc) is 2.94. The highest BCUT2D eigenvalue weighted by Gasteiger charge is 2.31. The Labute approximate surface area is 162 Å². The van der Waals surface area contributed by atoms with Gasteiger partial charge >= 0.3 is 0 Å². The molecule has 0 radical (unpaired) electrons. The molecule has 6 nitrogen and oxygen atoms in total. The Balaban J connectivity index is 0.00000243. The van der Waals surface area contributed by atoms with Crippen molar-refractivity contribution in [2.75, 3.05) is 25.1 Å². The quantitative estimate of drug-likeness (QED) is 0.779. The molecule has 1 aliphatic rings. The summed E-state index contributed by atoms with van der Waals surface area (Å²) in [4.78, 5) is 29.1. The Bertz CT molecular complexity index is 743. The van der Waals surface area contributed by atoms with Crippen LogP contribution in [0.3, 0.4) is 0 Å². The standard InChI is InChI=1S/C18H19N3O3S.ClH/c1-21(16-4-2-3-9-19-16)10-11-24-14-7-5-13(6-8-14)12-15-17(22)25-18(23)20-15;/h2-9,15H,10-12H2,1H3,(H,20,23);1H. The van der Waals surface area contributed by atoms with Gasteiger partial charge in [-0.3, -0.25) is 9.59 Å². The molecule has 0 aliphatic carbocycles. The van der Waals surface area contributed by atoms with E-state index >= 15 is 0 Å². The predicted octanol–water partition coefficient (Wildman–Crippen LogP) is 2.91. The lowest BCUT2D eigenvalue weighted by molar-refractivity contribution is -0.112. The Kier molecular flexibility index (Phi) is 7.29. The molecule has 0 saturated carbocycles. The first-order valence-corrected chi connectivity index (χ1v) is 8.79. The third-order valence-electron chi connectivity index (χ3n) is 3.87. The summed E-state index contributed by atoms with van der Waals surface area (Å²) in [6.45, 7) is 1.26. The number of rotatable bonds is 7. The second-order valence-corrected chi connectivity index (χ2v) is 6.69. The van der Waals surface area contributed by atoms with Crippen molar-refractivity contribution in [3.8, 4) is 5.75 Å². The first-order valence-electron chi connectivity index (χ1n) is 7.98. The molecule has 1 unspecified atom stereocenters. The van der Waals surface area contributed by atoms with Gasteiger partial charge in [-0.15, -0.1) is 12.4 Å².